The molecule has 1 fully saturated rings. The molecule has 0 bridgehead atoms. The van der Waals surface area contributed by atoms with E-state index >= 15 is 0 Å². The molecule has 5 heterocycles. The highest BCUT2D eigenvalue weighted by Gasteiger charge is 2.22. The first-order valence-corrected chi connectivity index (χ1v) is 10.8. The Morgan fingerprint density at radius 1 is 1.13 bits per heavy atom. The summed E-state index contributed by atoms with van der Waals surface area (Å²) in [4.78, 5) is 20.3. The molecule has 0 unspecified atom stereocenters. The summed E-state index contributed by atoms with van der Waals surface area (Å²) in [6, 6.07) is 10.5. The highest BCUT2D eigenvalue weighted by Crippen LogP contribution is 2.22. The van der Waals surface area contributed by atoms with Crippen molar-refractivity contribution in [1.29, 1.82) is 0 Å². The van der Waals surface area contributed by atoms with Crippen LogP contribution in [0.3, 0.4) is 0 Å². The highest BCUT2D eigenvalue weighted by molar-refractivity contribution is 5.73. The lowest BCUT2D eigenvalue weighted by Gasteiger charge is -2.32. The van der Waals surface area contributed by atoms with Crippen LogP contribution in [-0.2, 0) is 13.0 Å². The second-order valence-electron chi connectivity index (χ2n) is 8.10. The number of aromatic nitrogens is 5. The van der Waals surface area contributed by atoms with Crippen molar-refractivity contribution in [3.05, 3.63) is 66.3 Å². The lowest BCUT2D eigenvalue weighted by molar-refractivity contribution is 0.220. The molecule has 0 amide bonds. The summed E-state index contributed by atoms with van der Waals surface area (Å²) >= 11 is 0. The summed E-state index contributed by atoms with van der Waals surface area (Å²) in [6.07, 6.45) is 8.35. The number of hydrogen-bond donors (Lipinski definition) is 1. The van der Waals surface area contributed by atoms with E-state index in [9.17, 15) is 0 Å². The molecule has 31 heavy (non-hydrogen) atoms. The number of likely N-dealkylation sites (tertiary alicyclic amines) is 1. The molecule has 0 saturated carbocycles. The predicted molar refractivity (Wildman–Crippen MR) is 119 cm³/mol. The maximum atomic E-state index is 5.80. The van der Waals surface area contributed by atoms with Crippen LogP contribution in [-0.4, -0.2) is 55.1 Å². The Balaban J connectivity index is 1.24. The van der Waals surface area contributed by atoms with E-state index in [0.717, 1.165) is 73.2 Å². The van der Waals surface area contributed by atoms with Crippen molar-refractivity contribution in [2.45, 2.75) is 38.8 Å². The van der Waals surface area contributed by atoms with Crippen LogP contribution in [0.2, 0.25) is 0 Å². The summed E-state index contributed by atoms with van der Waals surface area (Å²) in [5, 5.41) is 3.66. The van der Waals surface area contributed by atoms with Gasteiger partial charge in [0.1, 0.15) is 23.4 Å². The van der Waals surface area contributed by atoms with E-state index in [1.54, 1.807) is 12.5 Å². The first-order valence-electron chi connectivity index (χ1n) is 10.8. The predicted octanol–water partition coefficient (Wildman–Crippen LogP) is 3.29. The Labute approximate surface area is 181 Å². The number of hydrogen-bond acceptors (Lipinski definition) is 7. The minimum absolute atomic E-state index is 0.382. The summed E-state index contributed by atoms with van der Waals surface area (Å²) < 4.78 is 7.88. The van der Waals surface area contributed by atoms with Gasteiger partial charge in [0, 0.05) is 44.0 Å². The minimum Gasteiger partial charge on any atom is -0.464 e. The van der Waals surface area contributed by atoms with Gasteiger partial charge in [-0.15, -0.1) is 0 Å². The fourth-order valence-electron chi connectivity index (χ4n) is 4.17. The van der Waals surface area contributed by atoms with E-state index in [-0.39, 0.29) is 0 Å². The smallest absolute Gasteiger partial charge is 0.205 e. The maximum Gasteiger partial charge on any atom is 0.205 e. The SMILES string of the molecule is Cc1ccc(Cn2c(NC3CCN(CCc4ccccn4)CC3)nc3cncnc32)o1. The van der Waals surface area contributed by atoms with Crippen LogP contribution in [0.5, 0.6) is 0 Å². The third-order valence-electron chi connectivity index (χ3n) is 5.85. The maximum absolute atomic E-state index is 5.80. The van der Waals surface area contributed by atoms with Gasteiger partial charge in [-0.25, -0.2) is 15.0 Å². The third-order valence-corrected chi connectivity index (χ3v) is 5.85. The number of nitrogens with zero attached hydrogens (tertiary/aromatic N) is 6. The molecule has 160 valence electrons. The van der Waals surface area contributed by atoms with Gasteiger partial charge in [0.25, 0.3) is 0 Å². The van der Waals surface area contributed by atoms with Crippen LogP contribution >= 0.6 is 0 Å². The Morgan fingerprint density at radius 3 is 2.81 bits per heavy atom. The van der Waals surface area contributed by atoms with Crippen molar-refractivity contribution < 1.29 is 4.42 Å². The second kappa shape index (κ2) is 8.85. The molecule has 5 rings (SSSR count). The number of rotatable bonds is 7. The molecule has 1 aliphatic heterocycles. The molecule has 4 aromatic heterocycles. The number of pyridine rings is 1. The first-order chi connectivity index (χ1) is 15.2. The Hall–Kier alpha value is -3.26. The Morgan fingerprint density at radius 2 is 2.03 bits per heavy atom. The number of furan rings is 1. The van der Waals surface area contributed by atoms with Crippen molar-refractivity contribution in [2.75, 3.05) is 25.0 Å². The molecule has 0 atom stereocenters. The zero-order valence-corrected chi connectivity index (χ0v) is 17.7. The Kier molecular flexibility index (Phi) is 5.62. The minimum atomic E-state index is 0.382. The van der Waals surface area contributed by atoms with Gasteiger partial charge in [0.05, 0.1) is 12.7 Å². The van der Waals surface area contributed by atoms with Gasteiger partial charge in [-0.1, -0.05) is 6.07 Å². The van der Waals surface area contributed by atoms with Gasteiger partial charge < -0.3 is 14.6 Å². The molecule has 0 aliphatic carbocycles. The van der Waals surface area contributed by atoms with Crippen LogP contribution in [0.25, 0.3) is 11.2 Å². The largest absolute Gasteiger partial charge is 0.464 e. The van der Waals surface area contributed by atoms with E-state index in [2.05, 4.69) is 41.9 Å². The summed E-state index contributed by atoms with van der Waals surface area (Å²) in [6.45, 7) is 5.74. The Bertz CT molecular complexity index is 1130. The third kappa shape index (κ3) is 4.59. The summed E-state index contributed by atoms with van der Waals surface area (Å²) in [5.74, 6) is 2.63. The molecular formula is C23H27N7O. The van der Waals surface area contributed by atoms with Gasteiger partial charge in [-0.2, -0.15) is 0 Å². The van der Waals surface area contributed by atoms with Crippen LogP contribution in [0.4, 0.5) is 5.95 Å². The van der Waals surface area contributed by atoms with Gasteiger partial charge >= 0.3 is 0 Å². The van der Waals surface area contributed by atoms with Crippen LogP contribution in [0.1, 0.15) is 30.1 Å². The molecular weight excluding hydrogens is 390 g/mol. The van der Waals surface area contributed by atoms with Crippen molar-refractivity contribution in [3.63, 3.8) is 0 Å². The van der Waals surface area contributed by atoms with Crippen LogP contribution in [0.15, 0.2) is 53.5 Å². The average molecular weight is 418 g/mol. The molecule has 1 N–H and O–H groups in total. The number of piperidine rings is 1. The topological polar surface area (TPSA) is 84.9 Å². The normalized spacial score (nSPS) is 15.5. The molecule has 0 spiro atoms. The second-order valence-corrected chi connectivity index (χ2v) is 8.10. The summed E-state index contributed by atoms with van der Waals surface area (Å²) in [7, 11) is 0. The quantitative estimate of drug-likeness (QED) is 0.494. The average Bonchev–Trinajstić information content (AvgIpc) is 3.37. The van der Waals surface area contributed by atoms with Crippen molar-refractivity contribution >= 4 is 17.1 Å². The monoisotopic (exact) mass is 417 g/mol. The fourth-order valence-corrected chi connectivity index (χ4v) is 4.17. The number of nitrogens with one attached hydrogen (secondary N) is 1. The lowest BCUT2D eigenvalue weighted by atomic mass is 10.0. The van der Waals surface area contributed by atoms with E-state index in [1.807, 2.05) is 31.3 Å². The van der Waals surface area contributed by atoms with E-state index < -0.39 is 0 Å². The number of anilines is 1. The van der Waals surface area contributed by atoms with Gasteiger partial charge in [0.2, 0.25) is 5.95 Å². The van der Waals surface area contributed by atoms with Gasteiger partial charge in [-0.05, 0) is 44.0 Å². The van der Waals surface area contributed by atoms with Crippen molar-refractivity contribution in [1.82, 2.24) is 29.4 Å². The molecule has 8 nitrogen and oxygen atoms in total. The van der Waals surface area contributed by atoms with Crippen LogP contribution < -0.4 is 5.32 Å². The zero-order chi connectivity index (χ0) is 21.0. The molecule has 4 aromatic rings. The molecule has 0 radical (unpaired) electrons. The van der Waals surface area contributed by atoms with Gasteiger partial charge in [0.15, 0.2) is 5.65 Å². The zero-order valence-electron chi connectivity index (χ0n) is 17.7. The van der Waals surface area contributed by atoms with E-state index in [4.69, 9.17) is 9.40 Å². The highest BCUT2D eigenvalue weighted by atomic mass is 16.3. The lowest BCUT2D eigenvalue weighted by Crippen LogP contribution is -2.40. The fraction of sp³-hybridized carbons (Fsp3) is 0.391. The standard InChI is InChI=1S/C23H27N7O/c1-17-5-6-20(31-17)15-30-22-21(14-24-16-26-22)28-23(30)27-19-8-12-29(13-9-19)11-7-18-4-2-3-10-25-18/h2-6,10,14,16,19H,7-9,11-13,15H2,1H3,(H,27,28). The molecule has 0 aromatic carbocycles. The van der Waals surface area contributed by atoms with Gasteiger partial charge in [-0.3, -0.25) is 9.55 Å². The van der Waals surface area contributed by atoms with Crippen molar-refractivity contribution in [3.8, 4) is 0 Å². The van der Waals surface area contributed by atoms with Crippen molar-refractivity contribution in [2.24, 2.45) is 0 Å². The first kappa shape index (κ1) is 19.7. The molecule has 1 saturated heterocycles. The number of imidazole rings is 1. The van der Waals surface area contributed by atoms with E-state index in [1.165, 1.54) is 0 Å². The van der Waals surface area contributed by atoms with Crippen LogP contribution in [0, 0.1) is 6.92 Å². The number of aryl methyl sites for hydroxylation is 1. The molecule has 8 heteroatoms. The summed E-state index contributed by atoms with van der Waals surface area (Å²) in [5.41, 5.74) is 2.77. The number of fused-ring (bicyclic) bond motifs is 1. The molecule has 1 aliphatic rings. The van der Waals surface area contributed by atoms with E-state index in [0.29, 0.717) is 12.6 Å².